The van der Waals surface area contributed by atoms with Crippen LogP contribution in [0.2, 0.25) is 0 Å². The Morgan fingerprint density at radius 3 is 2.54 bits per heavy atom. The van der Waals surface area contributed by atoms with Gasteiger partial charge in [-0.05, 0) is 51.3 Å². The number of piperidine rings is 1. The van der Waals surface area contributed by atoms with Gasteiger partial charge in [0.15, 0.2) is 0 Å². The average Bonchev–Trinajstić information content (AvgIpc) is 2.54. The number of likely N-dealkylation sites (tertiary alicyclic amines) is 1. The van der Waals surface area contributed by atoms with Crippen LogP contribution < -0.4 is 4.74 Å². The summed E-state index contributed by atoms with van der Waals surface area (Å²) in [5, 5.41) is 0. The summed E-state index contributed by atoms with van der Waals surface area (Å²) in [7, 11) is 1.67. The van der Waals surface area contributed by atoms with E-state index in [4.69, 9.17) is 9.47 Å². The van der Waals surface area contributed by atoms with Crippen LogP contribution in [0.1, 0.15) is 39.2 Å². The fraction of sp³-hybridized carbons (Fsp3) is 0.450. The summed E-state index contributed by atoms with van der Waals surface area (Å²) in [6.45, 7) is 7.11. The van der Waals surface area contributed by atoms with Crippen molar-refractivity contribution in [3.8, 4) is 5.75 Å². The maximum absolute atomic E-state index is 12.0. The smallest absolute Gasteiger partial charge is 0.410 e. The SMILES string of the molecule is COc1cccc(/C=C/C=C2CCN(C(=O)OC(C)(C)C)CC2)c1. The number of methoxy groups -OCH3 is 1. The number of nitrogens with zero attached hydrogens (tertiary/aromatic N) is 1. The summed E-state index contributed by atoms with van der Waals surface area (Å²) in [4.78, 5) is 13.8. The first-order valence-corrected chi connectivity index (χ1v) is 8.35. The largest absolute Gasteiger partial charge is 0.497 e. The van der Waals surface area contributed by atoms with Crippen molar-refractivity contribution in [2.45, 2.75) is 39.2 Å². The van der Waals surface area contributed by atoms with Crippen molar-refractivity contribution in [2.75, 3.05) is 20.2 Å². The third kappa shape index (κ3) is 5.76. The Morgan fingerprint density at radius 1 is 1.21 bits per heavy atom. The fourth-order valence-corrected chi connectivity index (χ4v) is 2.51. The minimum absolute atomic E-state index is 0.214. The van der Waals surface area contributed by atoms with Gasteiger partial charge in [0.25, 0.3) is 0 Å². The molecule has 0 unspecified atom stereocenters. The molecular formula is C20H27NO3. The van der Waals surface area contributed by atoms with Gasteiger partial charge < -0.3 is 14.4 Å². The zero-order valence-corrected chi connectivity index (χ0v) is 15.0. The van der Waals surface area contributed by atoms with Crippen molar-refractivity contribution in [1.82, 2.24) is 4.90 Å². The molecule has 1 aliphatic heterocycles. The summed E-state index contributed by atoms with van der Waals surface area (Å²) in [5.41, 5.74) is 2.03. The highest BCUT2D eigenvalue weighted by Crippen LogP contribution is 2.19. The lowest BCUT2D eigenvalue weighted by molar-refractivity contribution is 0.0236. The second-order valence-corrected chi connectivity index (χ2v) is 6.93. The predicted molar refractivity (Wildman–Crippen MR) is 97.2 cm³/mol. The lowest BCUT2D eigenvalue weighted by atomic mass is 10.0. The van der Waals surface area contributed by atoms with Crippen LogP contribution in [0, 0.1) is 0 Å². The number of allylic oxidation sites excluding steroid dienone is 2. The van der Waals surface area contributed by atoms with Crippen molar-refractivity contribution in [3.05, 3.63) is 47.6 Å². The lowest BCUT2D eigenvalue weighted by Gasteiger charge is -2.30. The lowest BCUT2D eigenvalue weighted by Crippen LogP contribution is -2.40. The monoisotopic (exact) mass is 329 g/mol. The van der Waals surface area contributed by atoms with Crippen LogP contribution in [0.15, 0.2) is 42.0 Å². The zero-order chi connectivity index (χ0) is 17.6. The maximum atomic E-state index is 12.0. The predicted octanol–water partition coefficient (Wildman–Crippen LogP) is 4.67. The van der Waals surface area contributed by atoms with Gasteiger partial charge in [-0.3, -0.25) is 0 Å². The molecule has 0 radical (unpaired) electrons. The normalized spacial score (nSPS) is 15.5. The van der Waals surface area contributed by atoms with Crippen molar-refractivity contribution < 1.29 is 14.3 Å². The molecule has 24 heavy (non-hydrogen) atoms. The molecule has 1 saturated heterocycles. The number of rotatable bonds is 3. The Bertz CT molecular complexity index is 616. The second kappa shape index (κ2) is 8.04. The molecule has 0 bridgehead atoms. The topological polar surface area (TPSA) is 38.8 Å². The Balaban J connectivity index is 1.86. The van der Waals surface area contributed by atoms with Crippen molar-refractivity contribution >= 4 is 12.2 Å². The molecule has 4 nitrogen and oxygen atoms in total. The third-order valence-corrected chi connectivity index (χ3v) is 3.77. The molecule has 1 heterocycles. The van der Waals surface area contributed by atoms with Gasteiger partial charge in [0.05, 0.1) is 7.11 Å². The number of ether oxygens (including phenoxy) is 2. The van der Waals surface area contributed by atoms with Crippen LogP contribution in [-0.4, -0.2) is 36.8 Å². The van der Waals surface area contributed by atoms with E-state index in [1.807, 2.05) is 45.0 Å². The molecule has 0 aliphatic carbocycles. The molecule has 1 aliphatic rings. The molecule has 130 valence electrons. The van der Waals surface area contributed by atoms with E-state index in [9.17, 15) is 4.79 Å². The molecular weight excluding hydrogens is 302 g/mol. The molecule has 2 rings (SSSR count). The highest BCUT2D eigenvalue weighted by Gasteiger charge is 2.24. The molecule has 0 N–H and O–H groups in total. The number of benzene rings is 1. The summed E-state index contributed by atoms with van der Waals surface area (Å²) in [5.74, 6) is 0.857. The summed E-state index contributed by atoms with van der Waals surface area (Å²) >= 11 is 0. The zero-order valence-electron chi connectivity index (χ0n) is 15.0. The number of carbonyl (C=O) groups excluding carboxylic acids is 1. The van der Waals surface area contributed by atoms with Crippen molar-refractivity contribution in [2.24, 2.45) is 0 Å². The van der Waals surface area contributed by atoms with Gasteiger partial charge in [0, 0.05) is 13.1 Å². The molecule has 0 atom stereocenters. The number of amides is 1. The molecule has 4 heteroatoms. The number of hydrogen-bond acceptors (Lipinski definition) is 3. The second-order valence-electron chi connectivity index (χ2n) is 6.93. The first-order chi connectivity index (χ1) is 11.4. The molecule has 0 saturated carbocycles. The highest BCUT2D eigenvalue weighted by atomic mass is 16.6. The minimum atomic E-state index is -0.438. The van der Waals surface area contributed by atoms with E-state index < -0.39 is 5.60 Å². The Hall–Kier alpha value is -2.23. The quantitative estimate of drug-likeness (QED) is 0.809. The van der Waals surface area contributed by atoms with E-state index in [-0.39, 0.29) is 6.09 Å². The molecule has 0 spiro atoms. The van der Waals surface area contributed by atoms with E-state index in [1.165, 1.54) is 5.57 Å². The van der Waals surface area contributed by atoms with Crippen molar-refractivity contribution in [3.63, 3.8) is 0 Å². The Labute approximate surface area is 144 Å². The average molecular weight is 329 g/mol. The summed E-state index contributed by atoms with van der Waals surface area (Å²) < 4.78 is 10.6. The molecule has 1 fully saturated rings. The van der Waals surface area contributed by atoms with Gasteiger partial charge in [0.1, 0.15) is 11.4 Å². The van der Waals surface area contributed by atoms with Gasteiger partial charge in [-0.15, -0.1) is 0 Å². The van der Waals surface area contributed by atoms with Gasteiger partial charge >= 0.3 is 6.09 Å². The molecule has 0 aromatic heterocycles. The summed E-state index contributed by atoms with van der Waals surface area (Å²) in [6.07, 6.45) is 7.84. The maximum Gasteiger partial charge on any atom is 0.410 e. The van der Waals surface area contributed by atoms with Crippen LogP contribution in [0.5, 0.6) is 5.75 Å². The first kappa shape index (κ1) is 18.1. The van der Waals surface area contributed by atoms with Crippen molar-refractivity contribution in [1.29, 1.82) is 0 Å². The summed E-state index contributed by atoms with van der Waals surface area (Å²) in [6, 6.07) is 7.95. The van der Waals surface area contributed by atoms with E-state index in [2.05, 4.69) is 18.2 Å². The van der Waals surface area contributed by atoms with Crippen LogP contribution in [-0.2, 0) is 4.74 Å². The number of carbonyl (C=O) groups is 1. The van der Waals surface area contributed by atoms with Gasteiger partial charge in [0.2, 0.25) is 0 Å². The van der Waals surface area contributed by atoms with Crippen LogP contribution in [0.3, 0.4) is 0 Å². The van der Waals surface area contributed by atoms with E-state index >= 15 is 0 Å². The third-order valence-electron chi connectivity index (χ3n) is 3.77. The highest BCUT2D eigenvalue weighted by molar-refractivity contribution is 5.68. The van der Waals surface area contributed by atoms with E-state index in [1.54, 1.807) is 12.0 Å². The minimum Gasteiger partial charge on any atom is -0.497 e. The Morgan fingerprint density at radius 2 is 1.92 bits per heavy atom. The van der Waals surface area contributed by atoms with Crippen LogP contribution in [0.4, 0.5) is 4.79 Å². The fourth-order valence-electron chi connectivity index (χ4n) is 2.51. The van der Waals surface area contributed by atoms with Gasteiger partial charge in [-0.1, -0.05) is 35.9 Å². The standard InChI is InChI=1S/C20H27NO3/c1-20(2,3)24-19(22)21-13-11-16(12-14-21)7-5-8-17-9-6-10-18(15-17)23-4/h5-10,15H,11-14H2,1-4H3/b8-5+. The van der Waals surface area contributed by atoms with Gasteiger partial charge in [-0.25, -0.2) is 4.79 Å². The van der Waals surface area contributed by atoms with Crippen LogP contribution in [0.25, 0.3) is 6.08 Å². The van der Waals surface area contributed by atoms with E-state index in [0.717, 1.165) is 24.2 Å². The molecule has 1 aromatic carbocycles. The number of hydrogen-bond donors (Lipinski definition) is 0. The van der Waals surface area contributed by atoms with Crippen LogP contribution >= 0.6 is 0 Å². The van der Waals surface area contributed by atoms with Gasteiger partial charge in [-0.2, -0.15) is 0 Å². The Kier molecular flexibility index (Phi) is 6.07. The molecule has 1 aromatic rings. The van der Waals surface area contributed by atoms with E-state index in [0.29, 0.717) is 13.1 Å². The first-order valence-electron chi connectivity index (χ1n) is 8.35. The molecule has 1 amide bonds.